The minimum Gasteiger partial charge on any atom is -0.307 e. The van der Waals surface area contributed by atoms with Gasteiger partial charge in [-0.15, -0.1) is 0 Å². The van der Waals surface area contributed by atoms with Crippen LogP contribution in [0.2, 0.25) is 0 Å². The first-order valence-electron chi connectivity index (χ1n) is 6.06. The first-order valence-corrected chi connectivity index (χ1v) is 6.06. The van der Waals surface area contributed by atoms with E-state index in [1.165, 1.54) is 12.1 Å². The lowest BCUT2D eigenvalue weighted by Crippen LogP contribution is -2.40. The van der Waals surface area contributed by atoms with Gasteiger partial charge in [0, 0.05) is 5.92 Å². The highest BCUT2D eigenvalue weighted by Crippen LogP contribution is 2.10. The number of carbonyl (C=O) groups excluding carboxylic acids is 1. The largest absolute Gasteiger partial charge is 0.307 e. The van der Waals surface area contributed by atoms with Crippen LogP contribution in [0.5, 0.6) is 0 Å². The van der Waals surface area contributed by atoms with Crippen LogP contribution in [0, 0.1) is 11.7 Å². The van der Waals surface area contributed by atoms with Gasteiger partial charge in [-0.1, -0.05) is 32.9 Å². The van der Waals surface area contributed by atoms with Gasteiger partial charge >= 0.3 is 0 Å². The minimum absolute atomic E-state index is 0.00684. The molecule has 0 fully saturated rings. The molecule has 17 heavy (non-hydrogen) atoms. The smallest absolute Gasteiger partial charge is 0.152 e. The van der Waals surface area contributed by atoms with Crippen molar-refractivity contribution in [3.05, 3.63) is 35.6 Å². The van der Waals surface area contributed by atoms with Gasteiger partial charge in [-0.05, 0) is 30.7 Å². The molecule has 0 amide bonds. The van der Waals surface area contributed by atoms with Crippen LogP contribution in [-0.4, -0.2) is 18.4 Å². The van der Waals surface area contributed by atoms with Crippen LogP contribution in [0.25, 0.3) is 0 Å². The molecule has 0 aliphatic heterocycles. The summed E-state index contributed by atoms with van der Waals surface area (Å²) in [6.07, 6.45) is 0.544. The zero-order valence-electron chi connectivity index (χ0n) is 10.7. The molecule has 1 N–H and O–H groups in total. The molecule has 0 heterocycles. The normalized spacial score (nSPS) is 12.8. The summed E-state index contributed by atoms with van der Waals surface area (Å²) in [5.74, 6) is -0.0848. The Morgan fingerprint density at radius 1 is 1.41 bits per heavy atom. The van der Waals surface area contributed by atoms with Crippen LogP contribution in [-0.2, 0) is 11.2 Å². The number of benzene rings is 1. The Morgan fingerprint density at radius 3 is 2.65 bits per heavy atom. The number of hydrogen-bond donors (Lipinski definition) is 1. The minimum atomic E-state index is -0.255. The number of Topliss-reactive ketones (excluding diaryl/α,β-unsaturated/α-hetero) is 1. The second-order valence-corrected chi connectivity index (χ2v) is 4.50. The fourth-order valence-electron chi connectivity index (χ4n) is 1.82. The van der Waals surface area contributed by atoms with Gasteiger partial charge < -0.3 is 5.32 Å². The summed E-state index contributed by atoms with van der Waals surface area (Å²) in [4.78, 5) is 12.0. The Morgan fingerprint density at radius 2 is 2.12 bits per heavy atom. The lowest BCUT2D eigenvalue weighted by molar-refractivity contribution is -0.123. The van der Waals surface area contributed by atoms with Crippen LogP contribution < -0.4 is 5.32 Å². The van der Waals surface area contributed by atoms with Gasteiger partial charge in [0.1, 0.15) is 5.82 Å². The average molecular weight is 237 g/mol. The molecule has 0 aromatic heterocycles. The van der Waals surface area contributed by atoms with Gasteiger partial charge in [0.25, 0.3) is 0 Å². The third-order valence-electron chi connectivity index (χ3n) is 2.69. The number of ketones is 1. The third-order valence-corrected chi connectivity index (χ3v) is 2.69. The summed E-state index contributed by atoms with van der Waals surface area (Å²) >= 11 is 0. The Labute approximate surface area is 102 Å². The van der Waals surface area contributed by atoms with Crippen molar-refractivity contribution in [2.75, 3.05) is 6.54 Å². The van der Waals surface area contributed by atoms with E-state index in [1.54, 1.807) is 6.07 Å². The lowest BCUT2D eigenvalue weighted by Gasteiger charge is -2.18. The Bertz CT molecular complexity index is 376. The van der Waals surface area contributed by atoms with E-state index in [1.807, 2.05) is 26.8 Å². The van der Waals surface area contributed by atoms with Crippen molar-refractivity contribution in [1.82, 2.24) is 5.32 Å². The highest BCUT2D eigenvalue weighted by Gasteiger charge is 2.20. The zero-order chi connectivity index (χ0) is 12.8. The van der Waals surface area contributed by atoms with Crippen LogP contribution in [0.4, 0.5) is 4.39 Å². The van der Waals surface area contributed by atoms with E-state index in [9.17, 15) is 9.18 Å². The molecule has 1 aromatic carbocycles. The van der Waals surface area contributed by atoms with Gasteiger partial charge in [-0.25, -0.2) is 4.39 Å². The van der Waals surface area contributed by atoms with Crippen LogP contribution >= 0.6 is 0 Å². The van der Waals surface area contributed by atoms with E-state index in [2.05, 4.69) is 5.32 Å². The van der Waals surface area contributed by atoms with Gasteiger partial charge in [-0.3, -0.25) is 4.79 Å². The molecule has 0 aliphatic carbocycles. The maximum Gasteiger partial charge on any atom is 0.152 e. The van der Waals surface area contributed by atoms with Gasteiger partial charge in [0.05, 0.1) is 6.04 Å². The summed E-state index contributed by atoms with van der Waals surface area (Å²) in [6, 6.07) is 6.20. The molecule has 1 rings (SSSR count). The van der Waals surface area contributed by atoms with Crippen molar-refractivity contribution in [3.8, 4) is 0 Å². The predicted octanol–water partition coefficient (Wildman–Crippen LogP) is 2.57. The van der Waals surface area contributed by atoms with Crippen molar-refractivity contribution in [2.45, 2.75) is 33.2 Å². The fraction of sp³-hybridized carbons (Fsp3) is 0.500. The first kappa shape index (κ1) is 13.8. The van der Waals surface area contributed by atoms with Crippen LogP contribution in [0.15, 0.2) is 24.3 Å². The standard InChI is InChI=1S/C14H20FNO/c1-4-16-13(14(17)10(2)3)9-11-6-5-7-12(15)8-11/h5-8,10,13,16H,4,9H2,1-3H3/t13-/m1/s1. The average Bonchev–Trinajstić information content (AvgIpc) is 2.27. The van der Waals surface area contributed by atoms with E-state index in [-0.39, 0.29) is 23.6 Å². The van der Waals surface area contributed by atoms with Crippen molar-refractivity contribution in [2.24, 2.45) is 5.92 Å². The number of hydrogen-bond acceptors (Lipinski definition) is 2. The maximum atomic E-state index is 13.1. The van der Waals surface area contributed by atoms with E-state index >= 15 is 0 Å². The number of rotatable bonds is 6. The highest BCUT2D eigenvalue weighted by atomic mass is 19.1. The van der Waals surface area contributed by atoms with Crippen molar-refractivity contribution in [1.29, 1.82) is 0 Å². The summed E-state index contributed by atoms with van der Waals surface area (Å²) in [7, 11) is 0. The molecular weight excluding hydrogens is 217 g/mol. The molecule has 0 aliphatic rings. The molecule has 2 nitrogen and oxygen atoms in total. The van der Waals surface area contributed by atoms with Crippen LogP contribution in [0.1, 0.15) is 26.3 Å². The molecule has 0 radical (unpaired) electrons. The SMILES string of the molecule is CCN[C@H](Cc1cccc(F)c1)C(=O)C(C)C. The Kier molecular flexibility index (Phi) is 5.29. The topological polar surface area (TPSA) is 29.1 Å². The molecule has 0 saturated carbocycles. The van der Waals surface area contributed by atoms with Gasteiger partial charge in [0.2, 0.25) is 0 Å². The maximum absolute atomic E-state index is 13.1. The molecule has 1 aromatic rings. The molecule has 0 spiro atoms. The van der Waals surface area contributed by atoms with E-state index in [0.29, 0.717) is 6.42 Å². The molecule has 94 valence electrons. The zero-order valence-corrected chi connectivity index (χ0v) is 10.7. The molecule has 1 atom stereocenters. The molecule has 0 saturated heterocycles. The van der Waals surface area contributed by atoms with E-state index < -0.39 is 0 Å². The second kappa shape index (κ2) is 6.50. The third kappa shape index (κ3) is 4.27. The van der Waals surface area contributed by atoms with E-state index in [0.717, 1.165) is 12.1 Å². The number of halogens is 1. The number of carbonyl (C=O) groups is 1. The number of nitrogens with one attached hydrogen (secondary N) is 1. The second-order valence-electron chi connectivity index (χ2n) is 4.50. The highest BCUT2D eigenvalue weighted by molar-refractivity contribution is 5.86. The predicted molar refractivity (Wildman–Crippen MR) is 67.4 cm³/mol. The summed E-state index contributed by atoms with van der Waals surface area (Å²) in [5.41, 5.74) is 0.852. The van der Waals surface area contributed by atoms with Gasteiger partial charge in [-0.2, -0.15) is 0 Å². The van der Waals surface area contributed by atoms with Crippen molar-refractivity contribution < 1.29 is 9.18 Å². The van der Waals surface area contributed by atoms with Crippen molar-refractivity contribution >= 4 is 5.78 Å². The fourth-order valence-corrected chi connectivity index (χ4v) is 1.82. The van der Waals surface area contributed by atoms with Crippen molar-refractivity contribution in [3.63, 3.8) is 0 Å². The lowest BCUT2D eigenvalue weighted by atomic mass is 9.96. The molecule has 0 bridgehead atoms. The molecule has 0 unspecified atom stereocenters. The Balaban J connectivity index is 2.76. The summed E-state index contributed by atoms with van der Waals surface area (Å²) in [5, 5.41) is 3.16. The molecular formula is C14H20FNO. The summed E-state index contributed by atoms with van der Waals surface area (Å²) < 4.78 is 13.1. The number of likely N-dealkylation sites (N-methyl/N-ethyl adjacent to an activating group) is 1. The summed E-state index contributed by atoms with van der Waals surface area (Å²) in [6.45, 7) is 6.47. The van der Waals surface area contributed by atoms with Crippen LogP contribution in [0.3, 0.4) is 0 Å². The van der Waals surface area contributed by atoms with Gasteiger partial charge in [0.15, 0.2) is 5.78 Å². The molecule has 3 heteroatoms. The van der Waals surface area contributed by atoms with E-state index in [4.69, 9.17) is 0 Å². The Hall–Kier alpha value is -1.22. The quantitative estimate of drug-likeness (QED) is 0.824. The monoisotopic (exact) mass is 237 g/mol. The first-order chi connectivity index (χ1) is 8.04.